The van der Waals surface area contributed by atoms with Crippen molar-refractivity contribution < 1.29 is 18.4 Å². The van der Waals surface area contributed by atoms with Crippen molar-refractivity contribution in [1.29, 1.82) is 0 Å². The molecule has 0 saturated heterocycles. The number of nitrogens with zero attached hydrogens (tertiary/aromatic N) is 1. The fraction of sp³-hybridized carbons (Fsp3) is 0.118. The molecule has 3 aromatic rings. The molecule has 0 bridgehead atoms. The van der Waals surface area contributed by atoms with Crippen LogP contribution in [0.1, 0.15) is 22.7 Å². The number of carbonyl (C=O) groups excluding carboxylic acids is 2. The van der Waals surface area contributed by atoms with Crippen LogP contribution in [0.15, 0.2) is 52.5 Å². The lowest BCUT2D eigenvalue weighted by Crippen LogP contribution is -2.12. The average Bonchev–Trinajstić information content (AvgIpc) is 3.27. The number of aromatic nitrogens is 1. The molecule has 0 atom stereocenters. The van der Waals surface area contributed by atoms with E-state index in [-0.39, 0.29) is 29.8 Å². The Morgan fingerprint density at radius 3 is 2.68 bits per heavy atom. The molecule has 2 N–H and O–H groups in total. The molecule has 0 radical (unpaired) electrons. The minimum absolute atomic E-state index is 0.194. The first-order valence-corrected chi connectivity index (χ1v) is 8.33. The smallest absolute Gasteiger partial charge is 0.293 e. The summed E-state index contributed by atoms with van der Waals surface area (Å²) in [7, 11) is 0. The molecule has 0 aliphatic rings. The number of nitrogens with one attached hydrogen (secondary N) is 2. The molecule has 0 aliphatic carbocycles. The van der Waals surface area contributed by atoms with Crippen LogP contribution in [-0.2, 0) is 11.2 Å². The SMILES string of the molecule is O=C(CCc1csc(NC(=O)c2ccco2)n1)Nc1ccc(F)cc1. The number of carbonyl (C=O) groups is 2. The molecule has 2 amide bonds. The van der Waals surface area contributed by atoms with Gasteiger partial charge in [0, 0.05) is 17.5 Å². The van der Waals surface area contributed by atoms with Gasteiger partial charge in [0.15, 0.2) is 10.9 Å². The van der Waals surface area contributed by atoms with Crippen molar-refractivity contribution in [3.8, 4) is 0 Å². The third-order valence-corrected chi connectivity index (χ3v) is 4.06. The number of furan rings is 1. The normalized spacial score (nSPS) is 10.4. The van der Waals surface area contributed by atoms with E-state index in [0.29, 0.717) is 22.9 Å². The van der Waals surface area contributed by atoms with E-state index in [4.69, 9.17) is 4.42 Å². The Morgan fingerprint density at radius 2 is 1.96 bits per heavy atom. The first kappa shape index (κ1) is 16.8. The quantitative estimate of drug-likeness (QED) is 0.703. The standard InChI is InChI=1S/C17H14FN3O3S/c18-11-3-5-12(6-4-11)19-15(22)8-7-13-10-25-17(20-13)21-16(23)14-2-1-9-24-14/h1-6,9-10H,7-8H2,(H,19,22)(H,20,21,23). The van der Waals surface area contributed by atoms with Gasteiger partial charge >= 0.3 is 0 Å². The molecule has 0 fully saturated rings. The summed E-state index contributed by atoms with van der Waals surface area (Å²) in [4.78, 5) is 28.0. The van der Waals surface area contributed by atoms with Crippen molar-refractivity contribution in [2.75, 3.05) is 10.6 Å². The Morgan fingerprint density at radius 1 is 1.16 bits per heavy atom. The predicted molar refractivity (Wildman–Crippen MR) is 92.1 cm³/mol. The van der Waals surface area contributed by atoms with Gasteiger partial charge in [-0.15, -0.1) is 11.3 Å². The van der Waals surface area contributed by atoms with Crippen LogP contribution >= 0.6 is 11.3 Å². The predicted octanol–water partition coefficient (Wildman–Crippen LogP) is 3.70. The summed E-state index contributed by atoms with van der Waals surface area (Å²) >= 11 is 1.27. The minimum Gasteiger partial charge on any atom is -0.459 e. The largest absolute Gasteiger partial charge is 0.459 e. The second kappa shape index (κ2) is 7.71. The number of benzene rings is 1. The zero-order valence-corrected chi connectivity index (χ0v) is 13.8. The molecule has 6 nitrogen and oxygen atoms in total. The summed E-state index contributed by atoms with van der Waals surface area (Å²) < 4.78 is 17.8. The summed E-state index contributed by atoms with van der Waals surface area (Å²) in [6.45, 7) is 0. The lowest BCUT2D eigenvalue weighted by Gasteiger charge is -2.04. The number of aryl methyl sites for hydroxylation is 1. The molecule has 0 spiro atoms. The van der Waals surface area contributed by atoms with Crippen molar-refractivity contribution >= 4 is 34.0 Å². The van der Waals surface area contributed by atoms with Crippen molar-refractivity contribution in [2.45, 2.75) is 12.8 Å². The molecule has 2 aromatic heterocycles. The highest BCUT2D eigenvalue weighted by atomic mass is 32.1. The Kier molecular flexibility index (Phi) is 5.20. The highest BCUT2D eigenvalue weighted by Crippen LogP contribution is 2.18. The van der Waals surface area contributed by atoms with E-state index in [9.17, 15) is 14.0 Å². The third-order valence-electron chi connectivity index (χ3n) is 3.25. The Hall–Kier alpha value is -3.00. The lowest BCUT2D eigenvalue weighted by atomic mass is 10.2. The molecule has 128 valence electrons. The van der Waals surface area contributed by atoms with Crippen molar-refractivity contribution in [1.82, 2.24) is 4.98 Å². The summed E-state index contributed by atoms with van der Waals surface area (Å²) in [5.74, 6) is -0.722. The van der Waals surface area contributed by atoms with Gasteiger partial charge in [0.2, 0.25) is 5.91 Å². The molecule has 0 aliphatic heterocycles. The number of thiazole rings is 1. The van der Waals surface area contributed by atoms with Gasteiger partial charge < -0.3 is 9.73 Å². The minimum atomic E-state index is -0.375. The van der Waals surface area contributed by atoms with Crippen LogP contribution < -0.4 is 10.6 Å². The Labute approximate surface area is 146 Å². The van der Waals surface area contributed by atoms with Crippen LogP contribution in [0.2, 0.25) is 0 Å². The Bertz CT molecular complexity index is 860. The lowest BCUT2D eigenvalue weighted by molar-refractivity contribution is -0.116. The molecule has 2 heterocycles. The highest BCUT2D eigenvalue weighted by Gasteiger charge is 2.12. The molecular weight excluding hydrogens is 345 g/mol. The van der Waals surface area contributed by atoms with Crippen molar-refractivity contribution in [3.63, 3.8) is 0 Å². The van der Waals surface area contributed by atoms with E-state index in [0.717, 1.165) is 0 Å². The van der Waals surface area contributed by atoms with Crippen molar-refractivity contribution in [2.24, 2.45) is 0 Å². The summed E-state index contributed by atoms with van der Waals surface area (Å²) in [6, 6.07) is 8.75. The second-order valence-corrected chi connectivity index (χ2v) is 5.99. The molecule has 0 saturated carbocycles. The molecule has 25 heavy (non-hydrogen) atoms. The first-order chi connectivity index (χ1) is 12.1. The fourth-order valence-corrected chi connectivity index (χ4v) is 2.78. The topological polar surface area (TPSA) is 84.2 Å². The molecular formula is C17H14FN3O3S. The van der Waals surface area contributed by atoms with Gasteiger partial charge in [0.25, 0.3) is 5.91 Å². The number of rotatable bonds is 6. The third kappa shape index (κ3) is 4.74. The fourth-order valence-electron chi connectivity index (χ4n) is 2.04. The van der Waals surface area contributed by atoms with E-state index in [1.54, 1.807) is 17.5 Å². The van der Waals surface area contributed by atoms with Gasteiger partial charge in [-0.2, -0.15) is 0 Å². The van der Waals surface area contributed by atoms with Gasteiger partial charge in [-0.25, -0.2) is 9.37 Å². The van der Waals surface area contributed by atoms with Gasteiger partial charge in [-0.3, -0.25) is 14.9 Å². The van der Waals surface area contributed by atoms with Crippen LogP contribution in [0, 0.1) is 5.82 Å². The van der Waals surface area contributed by atoms with Gasteiger partial charge in [0.1, 0.15) is 5.82 Å². The summed E-state index contributed by atoms with van der Waals surface area (Å²) in [5.41, 5.74) is 1.24. The highest BCUT2D eigenvalue weighted by molar-refractivity contribution is 7.13. The number of hydrogen-bond donors (Lipinski definition) is 2. The van der Waals surface area contributed by atoms with Crippen LogP contribution in [0.4, 0.5) is 15.2 Å². The van der Waals surface area contributed by atoms with E-state index in [1.807, 2.05) is 0 Å². The van der Waals surface area contributed by atoms with E-state index in [2.05, 4.69) is 15.6 Å². The summed E-state index contributed by atoms with van der Waals surface area (Å²) in [5, 5.41) is 7.54. The molecule has 1 aromatic carbocycles. The van der Waals surface area contributed by atoms with E-state index in [1.165, 1.54) is 41.9 Å². The molecule has 3 rings (SSSR count). The van der Waals surface area contributed by atoms with Crippen molar-refractivity contribution in [3.05, 3.63) is 65.3 Å². The van der Waals surface area contributed by atoms with Crippen LogP contribution in [-0.4, -0.2) is 16.8 Å². The maximum Gasteiger partial charge on any atom is 0.293 e. The number of hydrogen-bond acceptors (Lipinski definition) is 5. The second-order valence-electron chi connectivity index (χ2n) is 5.13. The first-order valence-electron chi connectivity index (χ1n) is 7.45. The summed E-state index contributed by atoms with van der Waals surface area (Å²) in [6.07, 6.45) is 2.08. The maximum absolute atomic E-state index is 12.8. The van der Waals surface area contributed by atoms with Gasteiger partial charge in [-0.1, -0.05) is 0 Å². The number of amides is 2. The average molecular weight is 359 g/mol. The molecule has 8 heteroatoms. The number of halogens is 1. The van der Waals surface area contributed by atoms with Crippen LogP contribution in [0.3, 0.4) is 0 Å². The zero-order valence-electron chi connectivity index (χ0n) is 13.0. The zero-order chi connectivity index (χ0) is 17.6. The monoisotopic (exact) mass is 359 g/mol. The molecule has 0 unspecified atom stereocenters. The van der Waals surface area contributed by atoms with E-state index < -0.39 is 0 Å². The number of anilines is 2. The van der Waals surface area contributed by atoms with Crippen LogP contribution in [0.5, 0.6) is 0 Å². The maximum atomic E-state index is 12.8. The van der Waals surface area contributed by atoms with E-state index >= 15 is 0 Å². The Balaban J connectivity index is 1.49. The van der Waals surface area contributed by atoms with Crippen LogP contribution in [0.25, 0.3) is 0 Å². The van der Waals surface area contributed by atoms with Gasteiger partial charge in [-0.05, 0) is 42.8 Å². The van der Waals surface area contributed by atoms with Gasteiger partial charge in [0.05, 0.1) is 12.0 Å².